The smallest absolute Gasteiger partial charge is 0.264 e. The van der Waals surface area contributed by atoms with Gasteiger partial charge in [-0.25, -0.2) is 18.1 Å². The number of nitrogens with zero attached hydrogens (tertiary/aromatic N) is 3. The molecule has 4 rings (SSSR count). The van der Waals surface area contributed by atoms with Gasteiger partial charge in [0, 0.05) is 29.2 Å². The molecule has 9 nitrogen and oxygen atoms in total. The summed E-state index contributed by atoms with van der Waals surface area (Å²) in [6.45, 7) is 5.31. The Balaban J connectivity index is 1.49. The minimum absolute atomic E-state index is 0.0308. The van der Waals surface area contributed by atoms with E-state index in [0.29, 0.717) is 28.2 Å². The molecule has 0 saturated heterocycles. The fourth-order valence-corrected chi connectivity index (χ4v) is 3.91. The zero-order valence-electron chi connectivity index (χ0n) is 16.5. The topological polar surface area (TPSA) is 119 Å². The van der Waals surface area contributed by atoms with Crippen molar-refractivity contribution in [3.05, 3.63) is 71.3 Å². The van der Waals surface area contributed by atoms with Gasteiger partial charge in [-0.3, -0.25) is 4.79 Å². The highest BCUT2D eigenvalue weighted by Crippen LogP contribution is 2.23. The first-order valence-corrected chi connectivity index (χ1v) is 10.5. The van der Waals surface area contributed by atoms with E-state index in [2.05, 4.69) is 20.2 Å². The zero-order chi connectivity index (χ0) is 21.5. The number of sulfonamides is 1. The molecule has 10 heteroatoms. The summed E-state index contributed by atoms with van der Waals surface area (Å²) in [5, 5.41) is 6.49. The van der Waals surface area contributed by atoms with Crippen LogP contribution in [0, 0.1) is 20.8 Å². The summed E-state index contributed by atoms with van der Waals surface area (Å²) >= 11 is 0. The Hall–Kier alpha value is -3.66. The summed E-state index contributed by atoms with van der Waals surface area (Å²) in [5.74, 6) is -0.242. The number of amides is 1. The van der Waals surface area contributed by atoms with Crippen LogP contribution in [0.3, 0.4) is 0 Å². The van der Waals surface area contributed by atoms with Crippen LogP contribution in [0.2, 0.25) is 0 Å². The molecule has 4 aromatic rings. The maximum Gasteiger partial charge on any atom is 0.264 e. The van der Waals surface area contributed by atoms with Gasteiger partial charge in [0.15, 0.2) is 0 Å². The van der Waals surface area contributed by atoms with Gasteiger partial charge in [-0.1, -0.05) is 5.16 Å². The second kappa shape index (κ2) is 7.30. The Morgan fingerprint density at radius 1 is 1.10 bits per heavy atom. The molecule has 1 amide bonds. The van der Waals surface area contributed by atoms with Crippen molar-refractivity contribution in [1.82, 2.24) is 14.5 Å². The monoisotopic (exact) mass is 425 g/mol. The Kier molecular flexibility index (Phi) is 4.78. The van der Waals surface area contributed by atoms with Gasteiger partial charge in [0.05, 0.1) is 16.3 Å². The van der Waals surface area contributed by atoms with E-state index in [0.717, 1.165) is 5.69 Å². The molecule has 0 bridgehead atoms. The molecule has 0 spiro atoms. The first-order valence-electron chi connectivity index (χ1n) is 9.05. The summed E-state index contributed by atoms with van der Waals surface area (Å²) in [6, 6.07) is 9.21. The van der Waals surface area contributed by atoms with Crippen LogP contribution in [0.4, 0.5) is 11.6 Å². The molecule has 3 heterocycles. The third-order valence-electron chi connectivity index (χ3n) is 4.65. The maximum atomic E-state index is 12.5. The van der Waals surface area contributed by atoms with Gasteiger partial charge in [-0.15, -0.1) is 0 Å². The third-order valence-corrected chi connectivity index (χ3v) is 6.00. The summed E-state index contributed by atoms with van der Waals surface area (Å²) in [6.07, 6.45) is 3.63. The van der Waals surface area contributed by atoms with Crippen molar-refractivity contribution >= 4 is 33.1 Å². The van der Waals surface area contributed by atoms with E-state index in [1.165, 1.54) is 24.3 Å². The second-order valence-corrected chi connectivity index (χ2v) is 8.55. The molecule has 0 aliphatic rings. The molecule has 3 aromatic heterocycles. The van der Waals surface area contributed by atoms with Crippen LogP contribution in [0.1, 0.15) is 27.3 Å². The largest absolute Gasteiger partial charge is 0.337 e. The third kappa shape index (κ3) is 3.77. The lowest BCUT2D eigenvalue weighted by Crippen LogP contribution is -2.14. The fraction of sp³-hybridized carbons (Fsp3) is 0.150. The molecule has 1 aromatic carbocycles. The quantitative estimate of drug-likeness (QED) is 0.506. The van der Waals surface area contributed by atoms with Crippen molar-refractivity contribution in [2.75, 3.05) is 10.0 Å². The van der Waals surface area contributed by atoms with Crippen molar-refractivity contribution < 1.29 is 17.7 Å². The lowest BCUT2D eigenvalue weighted by molar-refractivity contribution is 0.102. The second-order valence-electron chi connectivity index (χ2n) is 6.87. The Bertz CT molecular complexity index is 1350. The van der Waals surface area contributed by atoms with Crippen LogP contribution in [0.5, 0.6) is 0 Å². The average Bonchev–Trinajstić information content (AvgIpc) is 3.23. The Morgan fingerprint density at radius 3 is 2.50 bits per heavy atom. The number of imidazole rings is 1. The molecule has 0 aliphatic carbocycles. The van der Waals surface area contributed by atoms with Gasteiger partial charge in [-0.05, 0) is 57.2 Å². The predicted molar refractivity (Wildman–Crippen MR) is 111 cm³/mol. The van der Waals surface area contributed by atoms with Gasteiger partial charge in [-0.2, -0.15) is 0 Å². The van der Waals surface area contributed by atoms with E-state index in [1.807, 2.05) is 17.5 Å². The molecule has 0 unspecified atom stereocenters. The van der Waals surface area contributed by atoms with Crippen LogP contribution in [-0.2, 0) is 10.0 Å². The standard InChI is InChI=1S/C20H19N5O4S/c1-12-11-25-9-8-15(10-18(25)21-12)19(26)22-16-4-6-17(7-5-16)30(27,28)24-20-13(2)14(3)23-29-20/h4-11,24H,1-3H3,(H,22,26). The highest BCUT2D eigenvalue weighted by atomic mass is 32.2. The lowest BCUT2D eigenvalue weighted by Gasteiger charge is -2.08. The number of nitrogens with one attached hydrogen (secondary N) is 2. The summed E-state index contributed by atoms with van der Waals surface area (Å²) in [4.78, 5) is 16.9. The van der Waals surface area contributed by atoms with Crippen molar-refractivity contribution in [2.24, 2.45) is 0 Å². The van der Waals surface area contributed by atoms with Gasteiger partial charge in [0.25, 0.3) is 15.9 Å². The van der Waals surface area contributed by atoms with Gasteiger partial charge in [0.1, 0.15) is 5.65 Å². The van der Waals surface area contributed by atoms with E-state index in [1.54, 1.807) is 32.2 Å². The van der Waals surface area contributed by atoms with E-state index < -0.39 is 10.0 Å². The van der Waals surface area contributed by atoms with E-state index >= 15 is 0 Å². The summed E-state index contributed by atoms with van der Waals surface area (Å²) in [7, 11) is -3.85. The van der Waals surface area contributed by atoms with Gasteiger partial charge >= 0.3 is 0 Å². The molecule has 0 radical (unpaired) electrons. The van der Waals surface area contributed by atoms with Crippen molar-refractivity contribution in [2.45, 2.75) is 25.7 Å². The number of aromatic nitrogens is 3. The molecular weight excluding hydrogens is 406 g/mol. The first kappa shape index (κ1) is 19.6. The number of rotatable bonds is 5. The normalized spacial score (nSPS) is 11.6. The predicted octanol–water partition coefficient (Wildman–Crippen LogP) is 3.30. The zero-order valence-corrected chi connectivity index (χ0v) is 17.3. The minimum Gasteiger partial charge on any atom is -0.337 e. The molecule has 0 aliphatic heterocycles. The van der Waals surface area contributed by atoms with Crippen LogP contribution < -0.4 is 10.0 Å². The highest BCUT2D eigenvalue weighted by Gasteiger charge is 2.19. The lowest BCUT2D eigenvalue weighted by atomic mass is 10.2. The molecule has 0 saturated carbocycles. The minimum atomic E-state index is -3.85. The number of pyridine rings is 1. The van der Waals surface area contributed by atoms with Crippen LogP contribution in [0.15, 0.2) is 58.2 Å². The van der Waals surface area contributed by atoms with Crippen molar-refractivity contribution in [1.29, 1.82) is 0 Å². The van der Waals surface area contributed by atoms with Gasteiger partial charge in [0.2, 0.25) is 5.88 Å². The Morgan fingerprint density at radius 2 is 1.83 bits per heavy atom. The van der Waals surface area contributed by atoms with E-state index in [4.69, 9.17) is 4.52 Å². The number of fused-ring (bicyclic) bond motifs is 1. The first-order chi connectivity index (χ1) is 14.2. The van der Waals surface area contributed by atoms with Crippen LogP contribution in [0.25, 0.3) is 5.65 Å². The fourth-order valence-electron chi connectivity index (χ4n) is 2.86. The number of hydrogen-bond donors (Lipinski definition) is 2. The number of aryl methyl sites for hydroxylation is 2. The maximum absolute atomic E-state index is 12.5. The number of anilines is 2. The average molecular weight is 425 g/mol. The van der Waals surface area contributed by atoms with Crippen molar-refractivity contribution in [3.63, 3.8) is 0 Å². The number of carbonyl (C=O) groups is 1. The van der Waals surface area contributed by atoms with Crippen LogP contribution in [-0.4, -0.2) is 28.9 Å². The highest BCUT2D eigenvalue weighted by molar-refractivity contribution is 7.92. The SMILES string of the molecule is Cc1cn2ccc(C(=O)Nc3ccc(S(=O)(=O)Nc4onc(C)c4C)cc3)cc2n1. The van der Waals surface area contributed by atoms with Gasteiger partial charge < -0.3 is 14.2 Å². The number of hydrogen-bond acceptors (Lipinski definition) is 6. The molecule has 30 heavy (non-hydrogen) atoms. The molecule has 2 N–H and O–H groups in total. The van der Waals surface area contributed by atoms with Crippen LogP contribution >= 0.6 is 0 Å². The number of benzene rings is 1. The Labute approximate surface area is 172 Å². The van der Waals surface area contributed by atoms with E-state index in [-0.39, 0.29) is 16.7 Å². The molecule has 0 fully saturated rings. The van der Waals surface area contributed by atoms with Crippen molar-refractivity contribution in [3.8, 4) is 0 Å². The summed E-state index contributed by atoms with van der Waals surface area (Å²) in [5.41, 5.74) is 3.66. The molecule has 0 atom stereocenters. The van der Waals surface area contributed by atoms with E-state index in [9.17, 15) is 13.2 Å². The number of carbonyl (C=O) groups excluding carboxylic acids is 1. The summed E-state index contributed by atoms with van der Waals surface area (Å²) < 4.78 is 34.3. The molecule has 154 valence electrons. The molecular formula is C20H19N5O4S.